The van der Waals surface area contributed by atoms with E-state index in [1.165, 1.54) is 0 Å². The zero-order chi connectivity index (χ0) is 20.0. The van der Waals surface area contributed by atoms with Gasteiger partial charge in [-0.1, -0.05) is 20.8 Å². The van der Waals surface area contributed by atoms with Crippen LogP contribution in [0.15, 0.2) is 12.1 Å². The Hall–Kier alpha value is -1.95. The molecule has 0 aliphatic carbocycles. The Kier molecular flexibility index (Phi) is 4.83. The smallest absolute Gasteiger partial charge is 0.366 e. The minimum atomic E-state index is -5.27. The van der Waals surface area contributed by atoms with Crippen molar-refractivity contribution in [3.8, 4) is 0 Å². The number of hydrogen-bond acceptors (Lipinski definition) is 6. The van der Waals surface area contributed by atoms with Crippen molar-refractivity contribution < 1.29 is 21.6 Å². The second-order valence-corrected chi connectivity index (χ2v) is 9.46. The monoisotopic (exact) mass is 406 g/mol. The van der Waals surface area contributed by atoms with Gasteiger partial charge in [-0.05, 0) is 25.0 Å². The highest BCUT2D eigenvalue weighted by Gasteiger charge is 2.50. The first kappa shape index (κ1) is 19.8. The average Bonchev–Trinajstić information content (AvgIpc) is 2.97. The quantitative estimate of drug-likeness (QED) is 0.840. The number of nitrogens with one attached hydrogen (secondary N) is 1. The Bertz CT molecular complexity index is 927. The van der Waals surface area contributed by atoms with Crippen molar-refractivity contribution in [3.05, 3.63) is 18.0 Å². The second-order valence-electron chi connectivity index (χ2n) is 7.53. The van der Waals surface area contributed by atoms with E-state index in [0.29, 0.717) is 21.6 Å². The summed E-state index contributed by atoms with van der Waals surface area (Å²) in [6, 6.07) is 3.29. The molecule has 150 valence electrons. The highest BCUT2D eigenvalue weighted by molar-refractivity contribution is 7.90. The molecule has 1 saturated heterocycles. The minimum absolute atomic E-state index is 0.177. The lowest BCUT2D eigenvalue weighted by Crippen LogP contribution is -2.47. The molecule has 0 unspecified atom stereocenters. The maximum absolute atomic E-state index is 12.6. The van der Waals surface area contributed by atoms with Crippen LogP contribution in [0.2, 0.25) is 0 Å². The van der Waals surface area contributed by atoms with Gasteiger partial charge in [0.05, 0.1) is 0 Å². The average molecular weight is 406 g/mol. The Morgan fingerprint density at radius 3 is 2.30 bits per heavy atom. The number of piperidine rings is 1. The number of fused-ring (bicyclic) bond motifs is 1. The van der Waals surface area contributed by atoms with Crippen LogP contribution in [0.4, 0.5) is 19.0 Å². The van der Waals surface area contributed by atoms with Crippen LogP contribution in [-0.4, -0.2) is 57.2 Å². The van der Waals surface area contributed by atoms with Crippen LogP contribution in [0.1, 0.15) is 39.4 Å². The van der Waals surface area contributed by atoms with Crippen LogP contribution < -0.4 is 5.32 Å². The standard InChI is InChI=1S/C15H21F3N6O2S/c1-14(2,3)13-21-20-12-5-4-11(22-24(12)13)19-10-6-8-23(9-7-10)27(25,26)15(16,17)18/h4-5,10H,6-9H2,1-3H3,(H,19,22). The summed E-state index contributed by atoms with van der Waals surface area (Å²) in [7, 11) is -5.27. The molecule has 0 spiro atoms. The summed E-state index contributed by atoms with van der Waals surface area (Å²) in [4.78, 5) is 0. The van der Waals surface area contributed by atoms with Crippen LogP contribution in [-0.2, 0) is 15.4 Å². The largest absolute Gasteiger partial charge is 0.511 e. The van der Waals surface area contributed by atoms with Crippen LogP contribution in [0.25, 0.3) is 5.65 Å². The lowest BCUT2D eigenvalue weighted by Gasteiger charge is -2.32. The normalized spacial score (nSPS) is 18.1. The summed E-state index contributed by atoms with van der Waals surface area (Å²) in [6.07, 6.45) is 0.507. The van der Waals surface area contributed by atoms with Gasteiger partial charge in [-0.15, -0.1) is 15.3 Å². The molecule has 0 bridgehead atoms. The SMILES string of the molecule is CC(C)(C)c1nnc2ccc(NC3CCN(S(=O)(=O)C(F)(F)F)CC3)nn12. The Balaban J connectivity index is 1.71. The van der Waals surface area contributed by atoms with Gasteiger partial charge >= 0.3 is 15.5 Å². The number of anilines is 1. The summed E-state index contributed by atoms with van der Waals surface area (Å²) in [5.74, 6) is 1.22. The molecule has 0 amide bonds. The first-order valence-corrected chi connectivity index (χ1v) is 9.89. The number of sulfonamides is 1. The van der Waals surface area contributed by atoms with Gasteiger partial charge in [-0.2, -0.15) is 22.0 Å². The molecule has 8 nitrogen and oxygen atoms in total. The Labute approximate surface area is 154 Å². The maximum atomic E-state index is 12.6. The summed E-state index contributed by atoms with van der Waals surface area (Å²) >= 11 is 0. The zero-order valence-electron chi connectivity index (χ0n) is 15.2. The third-order valence-corrected chi connectivity index (χ3v) is 6.00. The van der Waals surface area contributed by atoms with Crippen LogP contribution >= 0.6 is 0 Å². The summed E-state index contributed by atoms with van der Waals surface area (Å²) in [5.41, 5.74) is -4.93. The molecule has 2 aromatic rings. The van der Waals surface area contributed by atoms with E-state index in [2.05, 4.69) is 20.6 Å². The van der Waals surface area contributed by atoms with Gasteiger partial charge in [0.1, 0.15) is 5.82 Å². The molecule has 0 saturated carbocycles. The van der Waals surface area contributed by atoms with E-state index in [9.17, 15) is 21.6 Å². The van der Waals surface area contributed by atoms with E-state index < -0.39 is 15.5 Å². The van der Waals surface area contributed by atoms with Gasteiger partial charge in [-0.25, -0.2) is 8.42 Å². The van der Waals surface area contributed by atoms with Gasteiger partial charge in [0, 0.05) is 24.5 Å². The lowest BCUT2D eigenvalue weighted by atomic mass is 9.96. The number of rotatable bonds is 3. The molecule has 0 atom stereocenters. The Morgan fingerprint density at radius 1 is 1.11 bits per heavy atom. The van der Waals surface area contributed by atoms with Crippen molar-refractivity contribution >= 4 is 21.5 Å². The van der Waals surface area contributed by atoms with Crippen molar-refractivity contribution in [2.75, 3.05) is 18.4 Å². The molecule has 1 aliphatic rings. The van der Waals surface area contributed by atoms with Crippen molar-refractivity contribution in [3.63, 3.8) is 0 Å². The van der Waals surface area contributed by atoms with Crippen molar-refractivity contribution in [1.82, 2.24) is 24.1 Å². The molecule has 2 aromatic heterocycles. The summed E-state index contributed by atoms with van der Waals surface area (Å²) in [5, 5.41) is 15.9. The fraction of sp³-hybridized carbons (Fsp3) is 0.667. The van der Waals surface area contributed by atoms with Crippen molar-refractivity contribution in [1.29, 1.82) is 0 Å². The fourth-order valence-corrected chi connectivity index (χ4v) is 3.91. The summed E-state index contributed by atoms with van der Waals surface area (Å²) in [6.45, 7) is 5.58. The predicted molar refractivity (Wildman–Crippen MR) is 92.7 cm³/mol. The van der Waals surface area contributed by atoms with Gasteiger partial charge in [-0.3, -0.25) is 0 Å². The van der Waals surface area contributed by atoms with Crippen molar-refractivity contribution in [2.24, 2.45) is 0 Å². The first-order chi connectivity index (χ1) is 12.4. The number of alkyl halides is 3. The van der Waals surface area contributed by atoms with Crippen LogP contribution in [0, 0.1) is 0 Å². The molecule has 1 aliphatic heterocycles. The van der Waals surface area contributed by atoms with E-state index in [-0.39, 0.29) is 37.4 Å². The first-order valence-electron chi connectivity index (χ1n) is 8.45. The molecule has 1 N–H and O–H groups in total. The van der Waals surface area contributed by atoms with E-state index in [1.54, 1.807) is 16.6 Å². The maximum Gasteiger partial charge on any atom is 0.511 e. The molecule has 3 heterocycles. The lowest BCUT2D eigenvalue weighted by molar-refractivity contribution is -0.0494. The highest BCUT2D eigenvalue weighted by atomic mass is 32.2. The van der Waals surface area contributed by atoms with E-state index in [4.69, 9.17) is 0 Å². The van der Waals surface area contributed by atoms with E-state index in [0.717, 1.165) is 0 Å². The minimum Gasteiger partial charge on any atom is -0.366 e. The Morgan fingerprint density at radius 2 is 1.74 bits per heavy atom. The third-order valence-electron chi connectivity index (χ3n) is 4.37. The van der Waals surface area contributed by atoms with E-state index >= 15 is 0 Å². The van der Waals surface area contributed by atoms with Crippen LogP contribution in [0.3, 0.4) is 0 Å². The van der Waals surface area contributed by atoms with Crippen molar-refractivity contribution in [2.45, 2.75) is 50.6 Å². The molecule has 1 fully saturated rings. The number of aromatic nitrogens is 4. The number of hydrogen-bond donors (Lipinski definition) is 1. The highest BCUT2D eigenvalue weighted by Crippen LogP contribution is 2.29. The molecule has 3 rings (SSSR count). The van der Waals surface area contributed by atoms with Gasteiger partial charge in [0.2, 0.25) is 0 Å². The van der Waals surface area contributed by atoms with Gasteiger partial charge < -0.3 is 5.32 Å². The molecule has 0 radical (unpaired) electrons. The molecule has 27 heavy (non-hydrogen) atoms. The topological polar surface area (TPSA) is 92.5 Å². The molecule has 0 aromatic carbocycles. The van der Waals surface area contributed by atoms with Crippen LogP contribution in [0.5, 0.6) is 0 Å². The van der Waals surface area contributed by atoms with E-state index in [1.807, 2.05) is 20.8 Å². The van der Waals surface area contributed by atoms with Gasteiger partial charge in [0.25, 0.3) is 0 Å². The zero-order valence-corrected chi connectivity index (χ0v) is 16.0. The fourth-order valence-electron chi connectivity index (χ4n) is 2.93. The van der Waals surface area contributed by atoms with Gasteiger partial charge in [0.15, 0.2) is 11.5 Å². The third kappa shape index (κ3) is 3.86. The molecule has 12 heteroatoms. The number of nitrogens with zero attached hydrogens (tertiary/aromatic N) is 5. The number of halogens is 3. The predicted octanol–water partition coefficient (Wildman–Crippen LogP) is 2.15. The molecular weight excluding hydrogens is 385 g/mol. The summed E-state index contributed by atoms with van der Waals surface area (Å²) < 4.78 is 63.0. The second kappa shape index (κ2) is 6.59. The molecular formula is C15H21F3N6O2S.